The van der Waals surface area contributed by atoms with E-state index in [2.05, 4.69) is 26.1 Å². The first-order chi connectivity index (χ1) is 12.7. The molecule has 2 aliphatic rings. The Hall–Kier alpha value is -1.95. The van der Waals surface area contributed by atoms with Crippen LogP contribution < -0.4 is 5.32 Å². The van der Waals surface area contributed by atoms with Gasteiger partial charge >= 0.3 is 5.97 Å². The van der Waals surface area contributed by atoms with Gasteiger partial charge < -0.3 is 14.5 Å². The van der Waals surface area contributed by atoms with Gasteiger partial charge in [0.1, 0.15) is 5.76 Å². The Kier molecular flexibility index (Phi) is 5.30. The van der Waals surface area contributed by atoms with E-state index >= 15 is 0 Å². The molecule has 1 atom stereocenters. The van der Waals surface area contributed by atoms with Crippen LogP contribution in [-0.4, -0.2) is 24.6 Å². The summed E-state index contributed by atoms with van der Waals surface area (Å²) in [6, 6.07) is 1.97. The van der Waals surface area contributed by atoms with E-state index in [4.69, 9.17) is 9.15 Å². The summed E-state index contributed by atoms with van der Waals surface area (Å²) in [4.78, 5) is 25.7. The second-order valence-electron chi connectivity index (χ2n) is 7.93. The molecular formula is C21H27NO4S. The lowest BCUT2D eigenvalue weighted by molar-refractivity contribution is -0.136. The minimum atomic E-state index is -0.452. The van der Waals surface area contributed by atoms with Crippen LogP contribution in [-0.2, 0) is 14.3 Å². The maximum absolute atomic E-state index is 13.1. The maximum Gasteiger partial charge on any atom is 0.336 e. The first kappa shape index (κ1) is 19.8. The molecule has 0 fully saturated rings. The van der Waals surface area contributed by atoms with Crippen molar-refractivity contribution in [2.24, 2.45) is 5.41 Å². The fraction of sp³-hybridized carbons (Fsp3) is 0.524. The number of rotatable bonds is 4. The van der Waals surface area contributed by atoms with Crippen LogP contribution >= 0.6 is 11.8 Å². The highest BCUT2D eigenvalue weighted by molar-refractivity contribution is 7.99. The molecule has 2 heterocycles. The predicted molar refractivity (Wildman–Crippen MR) is 105 cm³/mol. The standard InChI is InChI=1S/C21H27NO4S/c1-7-27-16-8-13(12(3)26-16)18-17(20(24)25-6)11(2)22-14-9-21(4,5)10-15(23)19(14)18/h8,18,22H,7,9-10H2,1-6H3. The molecule has 146 valence electrons. The number of hydrogen-bond donors (Lipinski definition) is 1. The molecule has 3 rings (SSSR count). The first-order valence-corrected chi connectivity index (χ1v) is 10.2. The molecule has 1 aromatic rings. The highest BCUT2D eigenvalue weighted by atomic mass is 32.2. The molecule has 0 spiro atoms. The van der Waals surface area contributed by atoms with Gasteiger partial charge in [0.25, 0.3) is 0 Å². The smallest absolute Gasteiger partial charge is 0.336 e. The van der Waals surface area contributed by atoms with Gasteiger partial charge in [0, 0.05) is 29.0 Å². The van der Waals surface area contributed by atoms with E-state index in [0.717, 1.165) is 40.0 Å². The summed E-state index contributed by atoms with van der Waals surface area (Å²) in [5.41, 5.74) is 3.58. The Morgan fingerprint density at radius 2 is 2.07 bits per heavy atom. The summed E-state index contributed by atoms with van der Waals surface area (Å²) in [6.45, 7) is 10.0. The molecule has 1 unspecified atom stereocenters. The van der Waals surface area contributed by atoms with Gasteiger partial charge in [-0.25, -0.2) is 4.79 Å². The molecule has 0 bridgehead atoms. The summed E-state index contributed by atoms with van der Waals surface area (Å²) in [6.07, 6.45) is 1.23. The van der Waals surface area contributed by atoms with Crippen molar-refractivity contribution in [3.8, 4) is 0 Å². The molecule has 0 radical (unpaired) electrons. The van der Waals surface area contributed by atoms with E-state index in [1.807, 2.05) is 19.9 Å². The van der Waals surface area contributed by atoms with E-state index in [0.29, 0.717) is 17.6 Å². The van der Waals surface area contributed by atoms with Crippen molar-refractivity contribution in [2.75, 3.05) is 12.9 Å². The van der Waals surface area contributed by atoms with Crippen molar-refractivity contribution < 1.29 is 18.7 Å². The van der Waals surface area contributed by atoms with E-state index in [-0.39, 0.29) is 11.2 Å². The van der Waals surface area contributed by atoms with Crippen molar-refractivity contribution in [2.45, 2.75) is 58.5 Å². The number of dihydropyridines is 1. The number of aryl methyl sites for hydroxylation is 1. The highest BCUT2D eigenvalue weighted by Gasteiger charge is 2.44. The van der Waals surface area contributed by atoms with Crippen molar-refractivity contribution in [1.29, 1.82) is 0 Å². The quantitative estimate of drug-likeness (QED) is 0.605. The van der Waals surface area contributed by atoms with Gasteiger partial charge in [0.15, 0.2) is 10.9 Å². The lowest BCUT2D eigenvalue weighted by Gasteiger charge is -2.39. The van der Waals surface area contributed by atoms with E-state index in [1.165, 1.54) is 7.11 Å². The fourth-order valence-corrected chi connectivity index (χ4v) is 4.77. The molecule has 1 aliphatic heterocycles. The Balaban J connectivity index is 2.20. The molecule has 5 nitrogen and oxygen atoms in total. The Morgan fingerprint density at radius 3 is 2.70 bits per heavy atom. The zero-order chi connectivity index (χ0) is 19.9. The summed E-state index contributed by atoms with van der Waals surface area (Å²) in [5, 5.41) is 4.12. The second-order valence-corrected chi connectivity index (χ2v) is 9.20. The molecular weight excluding hydrogens is 362 g/mol. The third-order valence-electron chi connectivity index (χ3n) is 5.18. The number of allylic oxidation sites excluding steroid dienone is 3. The van der Waals surface area contributed by atoms with Crippen LogP contribution in [0.4, 0.5) is 0 Å². The van der Waals surface area contributed by atoms with Gasteiger partial charge in [-0.1, -0.05) is 32.5 Å². The lowest BCUT2D eigenvalue weighted by Crippen LogP contribution is -2.38. The normalized spacial score (nSPS) is 21.9. The third-order valence-corrected chi connectivity index (χ3v) is 5.95. The van der Waals surface area contributed by atoms with Crippen LogP contribution in [0.5, 0.6) is 0 Å². The lowest BCUT2D eigenvalue weighted by atomic mass is 9.68. The average Bonchev–Trinajstić information content (AvgIpc) is 2.92. The molecule has 1 N–H and O–H groups in total. The third kappa shape index (κ3) is 3.59. The molecule has 27 heavy (non-hydrogen) atoms. The van der Waals surface area contributed by atoms with Gasteiger partial charge in [0.2, 0.25) is 0 Å². The number of thioether (sulfide) groups is 1. The number of ether oxygens (including phenoxy) is 1. The van der Waals surface area contributed by atoms with Crippen molar-refractivity contribution in [3.63, 3.8) is 0 Å². The SMILES string of the molecule is CCSc1cc(C2C(C(=O)OC)=C(C)NC3=C2C(=O)CC(C)(C)C3)c(C)o1. The zero-order valence-electron chi connectivity index (χ0n) is 16.8. The van der Waals surface area contributed by atoms with Gasteiger partial charge in [-0.05, 0) is 37.5 Å². The van der Waals surface area contributed by atoms with Gasteiger partial charge in [-0.15, -0.1) is 0 Å². The maximum atomic E-state index is 13.1. The number of esters is 1. The van der Waals surface area contributed by atoms with Crippen LogP contribution in [0.2, 0.25) is 0 Å². The number of furan rings is 1. The summed E-state index contributed by atoms with van der Waals surface area (Å²) >= 11 is 1.60. The second kappa shape index (κ2) is 7.23. The number of hydrogen-bond acceptors (Lipinski definition) is 6. The van der Waals surface area contributed by atoms with E-state index in [9.17, 15) is 9.59 Å². The van der Waals surface area contributed by atoms with Gasteiger partial charge in [-0.2, -0.15) is 0 Å². The van der Waals surface area contributed by atoms with Crippen molar-refractivity contribution in [3.05, 3.63) is 39.9 Å². The monoisotopic (exact) mass is 389 g/mol. The molecule has 6 heteroatoms. The molecule has 1 aliphatic carbocycles. The van der Waals surface area contributed by atoms with Crippen molar-refractivity contribution in [1.82, 2.24) is 5.32 Å². The van der Waals surface area contributed by atoms with Gasteiger partial charge in [-0.3, -0.25) is 4.79 Å². The van der Waals surface area contributed by atoms with E-state index < -0.39 is 11.9 Å². The molecule has 0 amide bonds. The fourth-order valence-electron chi connectivity index (χ4n) is 4.10. The molecule has 1 aromatic heterocycles. The Morgan fingerprint density at radius 1 is 1.37 bits per heavy atom. The number of methoxy groups -OCH3 is 1. The molecule has 0 saturated heterocycles. The van der Waals surface area contributed by atoms with Crippen LogP contribution in [0.25, 0.3) is 0 Å². The minimum absolute atomic E-state index is 0.0814. The summed E-state index contributed by atoms with van der Waals surface area (Å²) in [5.74, 6) is 0.833. The largest absolute Gasteiger partial charge is 0.466 e. The van der Waals surface area contributed by atoms with E-state index in [1.54, 1.807) is 11.8 Å². The number of nitrogens with one attached hydrogen (secondary N) is 1. The van der Waals surface area contributed by atoms with Crippen LogP contribution in [0.3, 0.4) is 0 Å². The van der Waals surface area contributed by atoms with Gasteiger partial charge in [0.05, 0.1) is 18.6 Å². The zero-order valence-corrected chi connectivity index (χ0v) is 17.6. The van der Waals surface area contributed by atoms with Crippen LogP contribution in [0.15, 0.2) is 38.1 Å². The molecule has 0 saturated carbocycles. The van der Waals surface area contributed by atoms with Crippen LogP contribution in [0.1, 0.15) is 57.8 Å². The highest BCUT2D eigenvalue weighted by Crippen LogP contribution is 2.48. The Labute approximate surface area is 164 Å². The topological polar surface area (TPSA) is 68.5 Å². The number of Topliss-reactive ketones (excluding diaryl/α,β-unsaturated/α-hetero) is 1. The summed E-state index contributed by atoms with van der Waals surface area (Å²) in [7, 11) is 1.37. The number of ketones is 1. The molecule has 0 aromatic carbocycles. The number of carbonyl (C=O) groups excluding carboxylic acids is 2. The summed E-state index contributed by atoms with van der Waals surface area (Å²) < 4.78 is 11.0. The predicted octanol–water partition coefficient (Wildman–Crippen LogP) is 4.48. The first-order valence-electron chi connectivity index (χ1n) is 9.24. The number of carbonyl (C=O) groups is 2. The van der Waals surface area contributed by atoms with Crippen LogP contribution in [0, 0.1) is 12.3 Å². The average molecular weight is 390 g/mol. The van der Waals surface area contributed by atoms with Crippen molar-refractivity contribution >= 4 is 23.5 Å². The Bertz CT molecular complexity index is 860. The minimum Gasteiger partial charge on any atom is -0.466 e.